The first-order chi connectivity index (χ1) is 40.4. The van der Waals surface area contributed by atoms with Crippen molar-refractivity contribution in [2.45, 2.75) is 111 Å². The molecule has 0 spiro atoms. The minimum atomic E-state index is -3.96. The predicted molar refractivity (Wildman–Crippen MR) is 292 cm³/mol. The average molecular weight is 1120 g/mol. The number of hydrogen-bond donors (Lipinski definition) is 1. The maximum atomic E-state index is 12.7. The molecule has 0 radical (unpaired) electrons. The van der Waals surface area contributed by atoms with Crippen molar-refractivity contribution in [3.63, 3.8) is 0 Å². The van der Waals surface area contributed by atoms with Crippen LogP contribution in [0, 0.1) is 12.9 Å². The maximum absolute atomic E-state index is 12.7. The Balaban J connectivity index is 0.0000102. The Morgan fingerprint density at radius 2 is 1.26 bits per heavy atom. The van der Waals surface area contributed by atoms with E-state index < -0.39 is 103 Å². The number of nitrogens with zero attached hydrogens (tertiary/aromatic N) is 3. The van der Waals surface area contributed by atoms with Gasteiger partial charge in [-0.25, -0.2) is 4.98 Å². The number of fused-ring (bicyclic) bond motifs is 1. The van der Waals surface area contributed by atoms with Gasteiger partial charge in [0.25, 0.3) is 0 Å². The van der Waals surface area contributed by atoms with E-state index in [-0.39, 0.29) is 49.1 Å². The maximum Gasteiger partial charge on any atom is 0.148 e. The smallest absolute Gasteiger partial charge is 0.148 e. The molecule has 4 nitrogen and oxygen atoms in total. The van der Waals surface area contributed by atoms with Gasteiger partial charge in [0.2, 0.25) is 0 Å². The van der Waals surface area contributed by atoms with Gasteiger partial charge in [-0.05, 0) is 97.8 Å². The fourth-order valence-corrected chi connectivity index (χ4v) is 8.50. The van der Waals surface area contributed by atoms with Gasteiger partial charge < -0.3 is 5.11 Å². The van der Waals surface area contributed by atoms with Crippen molar-refractivity contribution >= 4 is 11.0 Å². The summed E-state index contributed by atoms with van der Waals surface area (Å²) in [6.07, 6.45) is -0.797. The van der Waals surface area contributed by atoms with Gasteiger partial charge in [-0.2, -0.15) is 0 Å². The quantitative estimate of drug-likeness (QED) is 0.162. The van der Waals surface area contributed by atoms with Gasteiger partial charge in [0.15, 0.2) is 0 Å². The molecular formula is C65H66N3OPt-. The topological polar surface area (TPSA) is 50.9 Å². The van der Waals surface area contributed by atoms with E-state index in [9.17, 15) is 9.22 Å². The molecule has 0 fully saturated rings. The molecule has 7 aromatic carbocycles. The Bertz CT molecular complexity index is 4170. The monoisotopic (exact) mass is 1120 g/mol. The molecule has 0 saturated carbocycles. The third-order valence-corrected chi connectivity index (χ3v) is 12.4. The first kappa shape index (κ1) is 31.1. The number of imidazole rings is 1. The van der Waals surface area contributed by atoms with Crippen molar-refractivity contribution in [2.75, 3.05) is 0 Å². The Labute approximate surface area is 457 Å². The summed E-state index contributed by atoms with van der Waals surface area (Å²) in [6, 6.07) is 31.7. The number of para-hydroxylation sites is 1. The number of hydrogen-bond acceptors (Lipinski definition) is 3. The molecule has 70 heavy (non-hydrogen) atoms. The summed E-state index contributed by atoms with van der Waals surface area (Å²) < 4.78 is 167. The third-order valence-electron chi connectivity index (χ3n) is 12.4. The average Bonchev–Trinajstić information content (AvgIpc) is 1.15. The number of benzene rings is 7. The van der Waals surface area contributed by atoms with Crippen molar-refractivity contribution in [1.29, 1.82) is 0 Å². The molecule has 0 saturated heterocycles. The summed E-state index contributed by atoms with van der Waals surface area (Å²) in [5.41, 5.74) is -0.564. The summed E-state index contributed by atoms with van der Waals surface area (Å²) >= 11 is 0. The number of aromatic nitrogens is 3. The van der Waals surface area contributed by atoms with Gasteiger partial charge in [-0.15, -0.1) is 23.8 Å². The normalized spacial score (nSPS) is 17.0. The van der Waals surface area contributed by atoms with Crippen LogP contribution in [0.3, 0.4) is 0 Å². The molecule has 9 aromatic rings. The second-order valence-electron chi connectivity index (χ2n) is 20.7. The van der Waals surface area contributed by atoms with E-state index in [4.69, 9.17) is 26.9 Å². The van der Waals surface area contributed by atoms with E-state index >= 15 is 0 Å². The predicted octanol–water partition coefficient (Wildman–Crippen LogP) is 17.4. The van der Waals surface area contributed by atoms with Crippen molar-refractivity contribution in [2.24, 2.45) is 0 Å². The van der Waals surface area contributed by atoms with Crippen molar-refractivity contribution in [3.05, 3.63) is 192 Å². The summed E-state index contributed by atoms with van der Waals surface area (Å²) in [5.74, 6) is 0.278. The van der Waals surface area contributed by atoms with Crippen LogP contribution in [0.5, 0.6) is 5.75 Å². The van der Waals surface area contributed by atoms with Crippen LogP contribution in [0.1, 0.15) is 137 Å². The van der Waals surface area contributed by atoms with Gasteiger partial charge >= 0.3 is 0 Å². The van der Waals surface area contributed by atoms with E-state index in [1.807, 2.05) is 104 Å². The van der Waals surface area contributed by atoms with Gasteiger partial charge in [-0.1, -0.05) is 214 Å². The molecule has 5 heteroatoms. The summed E-state index contributed by atoms with van der Waals surface area (Å²) in [7, 11) is 0. The standard InChI is InChI=1S/C65H66N3O.Pt/c1-41-22-31-57(53(34-41)44-25-29-50(30-26-44)63(5,6)7)68-58-21-17-20-52(59(58)67-61(68)54-39-51(64(8,9)10)40-55(60(54)69)65(11,12)13)47-35-46(42-18-15-14-16-19-42)36-48(37-47)56-38-45(32-33-66-56)43-23-27-49(28-24-43)62(2,3)4;/h14-36,38-40,69H,1-13H3;/q-1;/i1D3,2D3,3D3,4D3,23D,24D,27D,28D,32D,33D,38D;. The number of aryl methyl sites for hydroxylation is 1. The fourth-order valence-electron chi connectivity index (χ4n) is 8.50. The number of aromatic hydroxyl groups is 1. The number of phenols is 1. The molecule has 0 bridgehead atoms. The second-order valence-corrected chi connectivity index (χ2v) is 20.7. The van der Waals surface area contributed by atoms with Crippen molar-refractivity contribution in [1.82, 2.24) is 14.5 Å². The molecule has 0 aliphatic rings. The number of pyridine rings is 1. The van der Waals surface area contributed by atoms with E-state index in [0.717, 1.165) is 11.1 Å². The van der Waals surface area contributed by atoms with Crippen LogP contribution in [0.25, 0.3) is 83.9 Å². The van der Waals surface area contributed by atoms with E-state index in [1.54, 1.807) is 36.4 Å². The molecule has 2 aromatic heterocycles. The first-order valence-electron chi connectivity index (χ1n) is 32.3. The van der Waals surface area contributed by atoms with Gasteiger partial charge in [0.1, 0.15) is 11.6 Å². The van der Waals surface area contributed by atoms with Gasteiger partial charge in [0, 0.05) is 60.5 Å². The zero-order chi connectivity index (χ0) is 65.3. The Kier molecular flexibility index (Phi) is 8.33. The molecule has 9 rings (SSSR count). The molecule has 2 heterocycles. The van der Waals surface area contributed by atoms with Crippen molar-refractivity contribution in [3.8, 4) is 78.6 Å². The zero-order valence-corrected chi connectivity index (χ0v) is 42.8. The van der Waals surface area contributed by atoms with Crippen LogP contribution in [0.4, 0.5) is 0 Å². The minimum absolute atomic E-state index is 0. The Hall–Kier alpha value is -6.35. The van der Waals surface area contributed by atoms with Crippen molar-refractivity contribution < 1.29 is 52.2 Å². The first-order valence-corrected chi connectivity index (χ1v) is 22.8. The second kappa shape index (κ2) is 18.8. The summed E-state index contributed by atoms with van der Waals surface area (Å²) in [5, 5.41) is 12.7. The van der Waals surface area contributed by atoms with Crippen LogP contribution < -0.4 is 0 Å². The largest absolute Gasteiger partial charge is 0.507 e. The molecule has 0 aliphatic carbocycles. The molecule has 0 aliphatic heterocycles. The fraction of sp³-hybridized carbons (Fsp3) is 0.262. The van der Waals surface area contributed by atoms with Crippen LogP contribution in [-0.2, 0) is 42.7 Å². The molecular weight excluding hydrogens is 1030 g/mol. The number of rotatable bonds is 7. The molecule has 1 N–H and O–H groups in total. The van der Waals surface area contributed by atoms with E-state index in [2.05, 4.69) is 52.6 Å². The zero-order valence-electron chi connectivity index (χ0n) is 59.6. The minimum Gasteiger partial charge on any atom is -0.507 e. The summed E-state index contributed by atoms with van der Waals surface area (Å²) in [4.78, 5) is 9.88. The molecule has 358 valence electrons. The SMILES string of the molecule is [2H]c1nc(-c2[c-]c(-c3cccc4c3nc(-c3cc(C(C)(C)C)cc(C(C)(C)C)c3O)n4-c3ccc(C([2H])([2H])[2H])cc3-c3ccc(C(C)(C)C)cc3)cc(-c3ccccc3)c2)c([2H])c(-c2c([2H])c([2H])c(C(C([2H])([2H])[2H])(C([2H])([2H])[2H])C([2H])([2H])[2H])c([2H])c2[2H])c1[2H].[Pt]. The van der Waals surface area contributed by atoms with E-state index in [0.29, 0.717) is 67.1 Å². The molecule has 0 unspecified atom stereocenters. The number of phenolic OH excluding ortho intramolecular Hbond substituents is 1. The Morgan fingerprint density at radius 3 is 1.91 bits per heavy atom. The van der Waals surface area contributed by atoms with Crippen LogP contribution >= 0.6 is 0 Å². The summed E-state index contributed by atoms with van der Waals surface area (Å²) in [6.45, 7) is 4.16. The third kappa shape index (κ3) is 9.99. The molecule has 0 amide bonds. The van der Waals surface area contributed by atoms with Gasteiger partial charge in [-0.3, -0.25) is 9.55 Å². The molecule has 0 atom stereocenters. The van der Waals surface area contributed by atoms with Crippen LogP contribution in [0.2, 0.25) is 0 Å². The van der Waals surface area contributed by atoms with Gasteiger partial charge in [0.05, 0.1) is 31.9 Å². The van der Waals surface area contributed by atoms with Crippen LogP contribution in [0.15, 0.2) is 158 Å². The van der Waals surface area contributed by atoms with Crippen LogP contribution in [-0.4, -0.2) is 19.6 Å². The Morgan fingerprint density at radius 1 is 0.557 bits per heavy atom. The van der Waals surface area contributed by atoms with E-state index in [1.165, 1.54) is 0 Å².